The summed E-state index contributed by atoms with van der Waals surface area (Å²) >= 11 is 0. The molecule has 1 amide bonds. The van der Waals surface area contributed by atoms with Gasteiger partial charge in [-0.25, -0.2) is 4.79 Å². The molecule has 0 aliphatic rings. The van der Waals surface area contributed by atoms with Gasteiger partial charge in [-0.3, -0.25) is 9.59 Å². The molecular weight excluding hydrogens is 312 g/mol. The first-order chi connectivity index (χ1) is 11.4. The van der Waals surface area contributed by atoms with Gasteiger partial charge in [0.15, 0.2) is 0 Å². The number of aryl methyl sites for hydroxylation is 1. The summed E-state index contributed by atoms with van der Waals surface area (Å²) < 4.78 is 9.27. The van der Waals surface area contributed by atoms with Gasteiger partial charge in [0, 0.05) is 24.7 Å². The van der Waals surface area contributed by atoms with Crippen LogP contribution in [0.1, 0.15) is 35.2 Å². The van der Waals surface area contributed by atoms with Gasteiger partial charge in [-0.2, -0.15) is 0 Å². The lowest BCUT2D eigenvalue weighted by molar-refractivity contribution is -0.144. The van der Waals surface area contributed by atoms with Crippen LogP contribution in [0, 0.1) is 6.92 Å². The van der Waals surface area contributed by atoms with E-state index in [0.29, 0.717) is 18.4 Å². The average molecular weight is 336 g/mol. The Balaban J connectivity index is 2.74. The van der Waals surface area contributed by atoms with Crippen LogP contribution in [0.15, 0.2) is 18.2 Å². The second-order valence-electron chi connectivity index (χ2n) is 5.30. The third-order valence-electron chi connectivity index (χ3n) is 3.65. The van der Waals surface area contributed by atoms with E-state index in [-0.39, 0.29) is 18.3 Å². The van der Waals surface area contributed by atoms with E-state index in [1.165, 1.54) is 14.2 Å². The second kappa shape index (κ2) is 9.54. The highest BCUT2D eigenvalue weighted by molar-refractivity contribution is 5.97. The maximum absolute atomic E-state index is 12.3. The third kappa shape index (κ3) is 5.57. The van der Waals surface area contributed by atoms with Crippen molar-refractivity contribution in [3.8, 4) is 0 Å². The summed E-state index contributed by atoms with van der Waals surface area (Å²) in [5.74, 6) is -1.27. The molecular formula is C17H24N2O5. The lowest BCUT2D eigenvalue weighted by Gasteiger charge is -2.17. The monoisotopic (exact) mass is 336 g/mol. The molecule has 0 bridgehead atoms. The van der Waals surface area contributed by atoms with Crippen LogP contribution in [-0.4, -0.2) is 45.2 Å². The minimum absolute atomic E-state index is 0.176. The summed E-state index contributed by atoms with van der Waals surface area (Å²) in [6, 6.07) is 4.41. The van der Waals surface area contributed by atoms with E-state index in [4.69, 9.17) is 4.74 Å². The quantitative estimate of drug-likeness (QED) is 0.701. The van der Waals surface area contributed by atoms with Crippen LogP contribution < -0.4 is 10.6 Å². The van der Waals surface area contributed by atoms with E-state index in [1.807, 2.05) is 6.92 Å². The Morgan fingerprint density at radius 3 is 2.42 bits per heavy atom. The Hall–Kier alpha value is -2.57. The molecule has 132 valence electrons. The zero-order valence-electron chi connectivity index (χ0n) is 14.5. The number of nitrogens with one attached hydrogen (secondary N) is 2. The van der Waals surface area contributed by atoms with Crippen LogP contribution in [-0.2, 0) is 19.1 Å². The molecule has 0 aliphatic carbocycles. The Kier molecular flexibility index (Phi) is 7.74. The Morgan fingerprint density at radius 2 is 1.88 bits per heavy atom. The smallest absolute Gasteiger partial charge is 0.328 e. The van der Waals surface area contributed by atoms with Crippen LogP contribution in [0.2, 0.25) is 0 Å². The normalized spacial score (nSPS) is 11.3. The zero-order chi connectivity index (χ0) is 18.1. The predicted molar refractivity (Wildman–Crippen MR) is 89.9 cm³/mol. The second-order valence-corrected chi connectivity index (χ2v) is 5.30. The number of hydrogen-bond acceptors (Lipinski definition) is 6. The van der Waals surface area contributed by atoms with Crippen LogP contribution in [0.5, 0.6) is 0 Å². The van der Waals surface area contributed by atoms with E-state index in [2.05, 4.69) is 15.4 Å². The van der Waals surface area contributed by atoms with Gasteiger partial charge < -0.3 is 20.1 Å². The number of anilines is 1. The van der Waals surface area contributed by atoms with Crippen LogP contribution >= 0.6 is 0 Å². The molecule has 1 aromatic carbocycles. The molecule has 0 aromatic heterocycles. The van der Waals surface area contributed by atoms with E-state index >= 15 is 0 Å². The molecule has 1 unspecified atom stereocenters. The number of methoxy groups -OCH3 is 2. The number of carbonyl (C=O) groups excluding carboxylic acids is 3. The number of esters is 2. The molecule has 0 aliphatic heterocycles. The number of rotatable bonds is 8. The van der Waals surface area contributed by atoms with Crippen molar-refractivity contribution < 1.29 is 23.9 Å². The summed E-state index contributed by atoms with van der Waals surface area (Å²) in [6.45, 7) is 1.89. The minimum atomic E-state index is -0.809. The molecule has 0 saturated heterocycles. The Morgan fingerprint density at radius 1 is 1.17 bits per heavy atom. The largest absolute Gasteiger partial charge is 0.469 e. The van der Waals surface area contributed by atoms with Gasteiger partial charge in [0.2, 0.25) is 0 Å². The highest BCUT2D eigenvalue weighted by atomic mass is 16.5. The molecule has 7 nitrogen and oxygen atoms in total. The fourth-order valence-electron chi connectivity index (χ4n) is 2.27. The summed E-state index contributed by atoms with van der Waals surface area (Å²) in [4.78, 5) is 35.3. The molecule has 0 spiro atoms. The molecule has 0 fully saturated rings. The zero-order valence-corrected chi connectivity index (χ0v) is 14.5. The Labute approximate surface area is 141 Å². The van der Waals surface area contributed by atoms with Gasteiger partial charge in [-0.1, -0.05) is 0 Å². The highest BCUT2D eigenvalue weighted by Gasteiger charge is 2.22. The molecule has 1 rings (SSSR count). The van der Waals surface area contributed by atoms with Crippen LogP contribution in [0.3, 0.4) is 0 Å². The van der Waals surface area contributed by atoms with Gasteiger partial charge >= 0.3 is 11.9 Å². The van der Waals surface area contributed by atoms with Gasteiger partial charge in [0.1, 0.15) is 6.04 Å². The number of hydrogen-bond donors (Lipinski definition) is 2. The summed E-state index contributed by atoms with van der Waals surface area (Å²) in [6.07, 6.45) is 0.876. The molecule has 1 atom stereocenters. The maximum Gasteiger partial charge on any atom is 0.328 e. The van der Waals surface area contributed by atoms with Crippen molar-refractivity contribution in [2.75, 3.05) is 26.6 Å². The summed E-state index contributed by atoms with van der Waals surface area (Å²) in [5, 5.41) is 5.68. The predicted octanol–water partition coefficient (Wildman–Crippen LogP) is 1.65. The molecule has 1 aromatic rings. The lowest BCUT2D eigenvalue weighted by atomic mass is 10.1. The van der Waals surface area contributed by atoms with E-state index in [1.54, 1.807) is 25.2 Å². The van der Waals surface area contributed by atoms with Gasteiger partial charge in [0.25, 0.3) is 5.91 Å². The van der Waals surface area contributed by atoms with Crippen molar-refractivity contribution >= 4 is 23.5 Å². The van der Waals surface area contributed by atoms with Crippen LogP contribution in [0.4, 0.5) is 5.69 Å². The van der Waals surface area contributed by atoms with Crippen molar-refractivity contribution in [3.63, 3.8) is 0 Å². The van der Waals surface area contributed by atoms with Crippen molar-refractivity contribution in [1.82, 2.24) is 5.32 Å². The number of carbonyl (C=O) groups is 3. The first-order valence-electron chi connectivity index (χ1n) is 7.66. The summed E-state index contributed by atoms with van der Waals surface area (Å²) in [5.41, 5.74) is 2.30. The summed E-state index contributed by atoms with van der Waals surface area (Å²) in [7, 11) is 4.36. The minimum Gasteiger partial charge on any atom is -0.469 e. The molecule has 0 saturated carbocycles. The van der Waals surface area contributed by atoms with E-state index in [0.717, 1.165) is 11.3 Å². The molecule has 0 radical (unpaired) electrons. The molecule has 0 heterocycles. The van der Waals surface area contributed by atoms with Gasteiger partial charge in [0.05, 0.1) is 14.2 Å². The highest BCUT2D eigenvalue weighted by Crippen LogP contribution is 2.16. The fourth-order valence-corrected chi connectivity index (χ4v) is 2.27. The molecule has 24 heavy (non-hydrogen) atoms. The van der Waals surface area contributed by atoms with E-state index < -0.39 is 12.0 Å². The average Bonchev–Trinajstić information content (AvgIpc) is 2.59. The molecule has 2 N–H and O–H groups in total. The number of amides is 1. The standard InChI is InChI=1S/C17H24N2O5/c1-11-10-12(8-9-13(11)18-2)16(21)19-14(17(22)24-4)6-5-7-15(20)23-3/h8-10,14,18H,5-7H2,1-4H3,(H,19,21). The maximum atomic E-state index is 12.3. The van der Waals surface area contributed by atoms with Gasteiger partial charge in [-0.05, 0) is 43.5 Å². The van der Waals surface area contributed by atoms with Gasteiger partial charge in [-0.15, -0.1) is 0 Å². The lowest BCUT2D eigenvalue weighted by Crippen LogP contribution is -2.41. The number of benzene rings is 1. The van der Waals surface area contributed by atoms with Crippen molar-refractivity contribution in [1.29, 1.82) is 0 Å². The van der Waals surface area contributed by atoms with Crippen molar-refractivity contribution in [3.05, 3.63) is 29.3 Å². The molecule has 7 heteroatoms. The Bertz CT molecular complexity index is 601. The first kappa shape index (κ1) is 19.5. The number of ether oxygens (including phenoxy) is 2. The topological polar surface area (TPSA) is 93.7 Å². The van der Waals surface area contributed by atoms with Crippen molar-refractivity contribution in [2.45, 2.75) is 32.2 Å². The van der Waals surface area contributed by atoms with E-state index in [9.17, 15) is 14.4 Å². The van der Waals surface area contributed by atoms with Crippen LogP contribution in [0.25, 0.3) is 0 Å². The first-order valence-corrected chi connectivity index (χ1v) is 7.66. The third-order valence-corrected chi connectivity index (χ3v) is 3.65. The fraction of sp³-hybridized carbons (Fsp3) is 0.471. The SMILES string of the molecule is CNc1ccc(C(=O)NC(CCCC(=O)OC)C(=O)OC)cc1C. The van der Waals surface area contributed by atoms with Crippen molar-refractivity contribution in [2.24, 2.45) is 0 Å².